The molecule has 2 aliphatic rings. The van der Waals surface area contributed by atoms with Crippen molar-refractivity contribution in [3.8, 4) is 0 Å². The van der Waals surface area contributed by atoms with Crippen LogP contribution in [-0.2, 0) is 20.9 Å². The van der Waals surface area contributed by atoms with Gasteiger partial charge in [-0.2, -0.15) is 0 Å². The molecule has 0 aromatic heterocycles. The fourth-order valence-corrected chi connectivity index (χ4v) is 5.33. The first-order chi connectivity index (χ1) is 17.0. The number of anilines is 1. The maximum atomic E-state index is 11.6. The van der Waals surface area contributed by atoms with Crippen LogP contribution in [0.3, 0.4) is 0 Å². The number of nitrogens with zero attached hydrogens (tertiary/aromatic N) is 1. The van der Waals surface area contributed by atoms with Crippen molar-refractivity contribution in [1.82, 2.24) is 4.90 Å². The summed E-state index contributed by atoms with van der Waals surface area (Å²) >= 11 is 0. The summed E-state index contributed by atoms with van der Waals surface area (Å²) in [6, 6.07) is 16.2. The lowest BCUT2D eigenvalue weighted by molar-refractivity contribution is -0.276. The number of rotatable bonds is 9. The van der Waals surface area contributed by atoms with Crippen molar-refractivity contribution < 1.29 is 19.4 Å². The van der Waals surface area contributed by atoms with Crippen molar-refractivity contribution in [3.63, 3.8) is 0 Å². The van der Waals surface area contributed by atoms with Gasteiger partial charge in [-0.15, -0.1) is 6.58 Å². The van der Waals surface area contributed by atoms with Crippen molar-refractivity contribution in [1.29, 1.82) is 0 Å². The van der Waals surface area contributed by atoms with Gasteiger partial charge in [0.15, 0.2) is 6.29 Å². The maximum Gasteiger partial charge on any atom is 0.221 e. The lowest BCUT2D eigenvalue weighted by atomic mass is 9.89. The Hall–Kier alpha value is -2.51. The lowest BCUT2D eigenvalue weighted by Crippen LogP contribution is -2.47. The summed E-state index contributed by atoms with van der Waals surface area (Å²) in [6.45, 7) is 9.37. The molecule has 4 atom stereocenters. The highest BCUT2D eigenvalue weighted by Crippen LogP contribution is 2.42. The molecule has 1 aliphatic heterocycles. The Labute approximate surface area is 208 Å². The molecule has 1 aliphatic carbocycles. The summed E-state index contributed by atoms with van der Waals surface area (Å²) in [5, 5.41) is 12.3. The van der Waals surface area contributed by atoms with Crippen LogP contribution in [0.4, 0.5) is 5.69 Å². The van der Waals surface area contributed by atoms with Crippen molar-refractivity contribution in [3.05, 3.63) is 77.9 Å². The molecule has 4 rings (SSSR count). The number of hydrogen-bond donors (Lipinski definition) is 2. The fraction of sp³-hybridized carbons (Fsp3) is 0.483. The van der Waals surface area contributed by atoms with E-state index in [0.717, 1.165) is 35.5 Å². The lowest BCUT2D eigenvalue weighted by Gasteiger charge is -2.43. The quantitative estimate of drug-likeness (QED) is 0.475. The second-order valence-corrected chi connectivity index (χ2v) is 9.81. The third-order valence-corrected chi connectivity index (χ3v) is 7.22. The molecule has 6 nitrogen and oxygen atoms in total. The zero-order valence-corrected chi connectivity index (χ0v) is 20.9. The third kappa shape index (κ3) is 6.39. The number of carbonyl (C=O) groups is 1. The molecule has 1 saturated carbocycles. The molecule has 2 N–H and O–H groups in total. The Bertz CT molecular complexity index is 986. The second-order valence-electron chi connectivity index (χ2n) is 9.81. The number of ether oxygens (including phenoxy) is 2. The zero-order valence-electron chi connectivity index (χ0n) is 20.9. The SMILES string of the molecule is C=CCN(C[C@@H]1O[C@H](c2cccc(NC(C)=O)c2)O[C@H](c2ccc(CO)cc2)[C@@H]1C)C1CCCC1. The summed E-state index contributed by atoms with van der Waals surface area (Å²) in [5.41, 5.74) is 3.55. The number of aliphatic hydroxyl groups excluding tert-OH is 1. The predicted molar refractivity (Wildman–Crippen MR) is 138 cm³/mol. The van der Waals surface area contributed by atoms with Crippen LogP contribution in [0.2, 0.25) is 0 Å². The summed E-state index contributed by atoms with van der Waals surface area (Å²) in [6.07, 6.45) is 6.23. The fourth-order valence-electron chi connectivity index (χ4n) is 5.33. The average molecular weight is 479 g/mol. The van der Waals surface area contributed by atoms with Gasteiger partial charge in [0.1, 0.15) is 0 Å². The zero-order chi connectivity index (χ0) is 24.8. The van der Waals surface area contributed by atoms with E-state index < -0.39 is 6.29 Å². The van der Waals surface area contributed by atoms with E-state index in [1.165, 1.54) is 32.6 Å². The second kappa shape index (κ2) is 12.0. The van der Waals surface area contributed by atoms with Crippen LogP contribution in [0, 0.1) is 5.92 Å². The Morgan fingerprint density at radius 2 is 1.89 bits per heavy atom. The number of aliphatic hydroxyl groups is 1. The van der Waals surface area contributed by atoms with Crippen molar-refractivity contribution >= 4 is 11.6 Å². The maximum absolute atomic E-state index is 11.6. The minimum atomic E-state index is -0.554. The molecule has 0 radical (unpaired) electrons. The topological polar surface area (TPSA) is 71.0 Å². The standard InChI is InChI=1S/C29H38N2O4/c1-4-16-31(26-10-5-6-11-26)18-27-20(2)28(23-14-12-22(19-32)13-15-23)35-29(34-27)24-8-7-9-25(17-24)30-21(3)33/h4,7-9,12-15,17,20,26-29,32H,1,5-6,10-11,16,18-19H2,2-3H3,(H,30,33)/t20-,27+,28+,29+/m1/s1. The Balaban J connectivity index is 1.62. The summed E-state index contributed by atoms with van der Waals surface area (Å²) in [7, 11) is 0. The van der Waals surface area contributed by atoms with Crippen molar-refractivity contribution in [2.75, 3.05) is 18.4 Å². The number of nitrogens with one attached hydrogen (secondary N) is 1. The van der Waals surface area contributed by atoms with E-state index in [1.807, 2.05) is 54.6 Å². The van der Waals surface area contributed by atoms with Crippen LogP contribution in [-0.4, -0.2) is 41.1 Å². The number of hydrogen-bond acceptors (Lipinski definition) is 5. The monoisotopic (exact) mass is 478 g/mol. The molecule has 1 amide bonds. The van der Waals surface area contributed by atoms with E-state index in [4.69, 9.17) is 9.47 Å². The molecule has 6 heteroatoms. The largest absolute Gasteiger partial charge is 0.392 e. The Kier molecular flexibility index (Phi) is 8.74. The molecule has 35 heavy (non-hydrogen) atoms. The van der Waals surface area contributed by atoms with Crippen LogP contribution in [0.1, 0.15) is 68.6 Å². The normalized spacial score (nSPS) is 25.0. The van der Waals surface area contributed by atoms with Gasteiger partial charge in [0, 0.05) is 43.2 Å². The van der Waals surface area contributed by atoms with Crippen molar-refractivity contribution in [2.45, 2.75) is 70.7 Å². The molecule has 188 valence electrons. The molecular formula is C29H38N2O4. The number of benzene rings is 2. The van der Waals surface area contributed by atoms with Crippen LogP contribution in [0.15, 0.2) is 61.2 Å². The van der Waals surface area contributed by atoms with Gasteiger partial charge in [0.05, 0.1) is 18.8 Å². The first-order valence-corrected chi connectivity index (χ1v) is 12.7. The molecule has 0 spiro atoms. The van der Waals surface area contributed by atoms with E-state index >= 15 is 0 Å². The van der Waals surface area contributed by atoms with E-state index in [0.29, 0.717) is 6.04 Å². The van der Waals surface area contributed by atoms with Gasteiger partial charge in [-0.3, -0.25) is 9.69 Å². The average Bonchev–Trinajstić information content (AvgIpc) is 3.40. The highest BCUT2D eigenvalue weighted by molar-refractivity contribution is 5.88. The Morgan fingerprint density at radius 1 is 1.14 bits per heavy atom. The van der Waals surface area contributed by atoms with Crippen LogP contribution in [0.5, 0.6) is 0 Å². The van der Waals surface area contributed by atoms with E-state index in [-0.39, 0.29) is 30.6 Å². The number of carbonyl (C=O) groups excluding carboxylic acids is 1. The molecule has 1 saturated heterocycles. The van der Waals surface area contributed by atoms with Gasteiger partial charge in [-0.25, -0.2) is 0 Å². The van der Waals surface area contributed by atoms with Crippen molar-refractivity contribution in [2.24, 2.45) is 5.92 Å². The van der Waals surface area contributed by atoms with E-state index in [1.54, 1.807) is 0 Å². The molecule has 2 aromatic carbocycles. The highest BCUT2D eigenvalue weighted by Gasteiger charge is 2.40. The Morgan fingerprint density at radius 3 is 2.54 bits per heavy atom. The van der Waals surface area contributed by atoms with Crippen LogP contribution in [0.25, 0.3) is 0 Å². The first kappa shape index (κ1) is 25.6. The summed E-state index contributed by atoms with van der Waals surface area (Å²) in [4.78, 5) is 14.1. The molecule has 0 bridgehead atoms. The van der Waals surface area contributed by atoms with Gasteiger partial charge in [0.25, 0.3) is 0 Å². The van der Waals surface area contributed by atoms with Gasteiger partial charge in [-0.05, 0) is 36.1 Å². The summed E-state index contributed by atoms with van der Waals surface area (Å²) in [5.74, 6) is 0.0103. The third-order valence-electron chi connectivity index (χ3n) is 7.22. The highest BCUT2D eigenvalue weighted by atomic mass is 16.7. The summed E-state index contributed by atoms with van der Waals surface area (Å²) < 4.78 is 13.2. The minimum absolute atomic E-state index is 0.0174. The smallest absolute Gasteiger partial charge is 0.221 e. The van der Waals surface area contributed by atoms with Gasteiger partial charge in [0.2, 0.25) is 5.91 Å². The number of amides is 1. The molecule has 1 heterocycles. The predicted octanol–water partition coefficient (Wildman–Crippen LogP) is 5.36. The van der Waals surface area contributed by atoms with Crippen LogP contribution < -0.4 is 5.32 Å². The molecule has 2 fully saturated rings. The first-order valence-electron chi connectivity index (χ1n) is 12.7. The van der Waals surface area contributed by atoms with E-state index in [9.17, 15) is 9.90 Å². The minimum Gasteiger partial charge on any atom is -0.392 e. The van der Waals surface area contributed by atoms with Gasteiger partial charge >= 0.3 is 0 Å². The van der Waals surface area contributed by atoms with Gasteiger partial charge in [-0.1, -0.05) is 62.2 Å². The van der Waals surface area contributed by atoms with Crippen LogP contribution >= 0.6 is 0 Å². The molecule has 2 aromatic rings. The molecule has 0 unspecified atom stereocenters. The van der Waals surface area contributed by atoms with E-state index in [2.05, 4.69) is 23.7 Å². The molecular weight excluding hydrogens is 440 g/mol. The van der Waals surface area contributed by atoms with Gasteiger partial charge < -0.3 is 19.9 Å².